The molecule has 21 heavy (non-hydrogen) atoms. The van der Waals surface area contributed by atoms with Crippen molar-refractivity contribution in [1.29, 1.82) is 0 Å². The molecule has 0 saturated carbocycles. The predicted octanol–water partition coefficient (Wildman–Crippen LogP) is 2.93. The number of rotatable bonds is 4. The first-order chi connectivity index (χ1) is 9.80. The number of nitrogens with zero attached hydrogens (tertiary/aromatic N) is 4. The van der Waals surface area contributed by atoms with Crippen LogP contribution in [0.15, 0.2) is 24.3 Å². The van der Waals surface area contributed by atoms with Gasteiger partial charge < -0.3 is 9.64 Å². The zero-order valence-corrected chi connectivity index (χ0v) is 11.8. The summed E-state index contributed by atoms with van der Waals surface area (Å²) < 4.78 is 42.3. The van der Waals surface area contributed by atoms with Gasteiger partial charge in [-0.15, -0.1) is 18.3 Å². The summed E-state index contributed by atoms with van der Waals surface area (Å²) in [6.07, 6.45) is -4.72. The lowest BCUT2D eigenvalue weighted by Crippen LogP contribution is -2.17. The molecule has 5 nitrogen and oxygen atoms in total. The number of aromatic nitrogens is 3. The molecule has 2 rings (SSSR count). The fraction of sp³-hybridized carbons (Fsp3) is 0.385. The highest BCUT2D eigenvalue weighted by Crippen LogP contribution is 2.27. The van der Waals surface area contributed by atoms with Crippen molar-refractivity contribution in [3.8, 4) is 17.1 Å². The van der Waals surface area contributed by atoms with Crippen LogP contribution in [0.25, 0.3) is 11.4 Å². The van der Waals surface area contributed by atoms with E-state index in [-0.39, 0.29) is 5.75 Å². The SMILES string of the molecule is CCn1nc(-c2cccc(OC(F)(F)F)c2)nc1N(C)C. The van der Waals surface area contributed by atoms with Crippen molar-refractivity contribution in [3.63, 3.8) is 0 Å². The van der Waals surface area contributed by atoms with Gasteiger partial charge in [-0.05, 0) is 19.1 Å². The molecule has 114 valence electrons. The van der Waals surface area contributed by atoms with E-state index in [0.717, 1.165) is 0 Å². The van der Waals surface area contributed by atoms with Gasteiger partial charge in [0.05, 0.1) is 0 Å². The fourth-order valence-corrected chi connectivity index (χ4v) is 1.83. The van der Waals surface area contributed by atoms with Gasteiger partial charge in [0.25, 0.3) is 0 Å². The maximum Gasteiger partial charge on any atom is 0.573 e. The Morgan fingerprint density at radius 1 is 1.29 bits per heavy atom. The molecular formula is C13H15F3N4O. The summed E-state index contributed by atoms with van der Waals surface area (Å²) in [6.45, 7) is 2.52. The number of alkyl halides is 3. The van der Waals surface area contributed by atoms with E-state index in [9.17, 15) is 13.2 Å². The van der Waals surface area contributed by atoms with Crippen molar-refractivity contribution in [1.82, 2.24) is 14.8 Å². The van der Waals surface area contributed by atoms with E-state index < -0.39 is 6.36 Å². The lowest BCUT2D eigenvalue weighted by Gasteiger charge is -2.10. The molecule has 0 bridgehead atoms. The third-order valence-corrected chi connectivity index (χ3v) is 2.68. The van der Waals surface area contributed by atoms with E-state index in [1.165, 1.54) is 18.2 Å². The largest absolute Gasteiger partial charge is 0.573 e. The van der Waals surface area contributed by atoms with Gasteiger partial charge in [0.15, 0.2) is 5.82 Å². The molecule has 2 aromatic rings. The van der Waals surface area contributed by atoms with Gasteiger partial charge in [0.1, 0.15) is 5.75 Å². The summed E-state index contributed by atoms with van der Waals surface area (Å²) in [5.41, 5.74) is 0.465. The number of anilines is 1. The molecule has 0 aliphatic heterocycles. The van der Waals surface area contributed by atoms with E-state index in [0.29, 0.717) is 23.9 Å². The lowest BCUT2D eigenvalue weighted by molar-refractivity contribution is -0.274. The third-order valence-electron chi connectivity index (χ3n) is 2.68. The zero-order chi connectivity index (χ0) is 15.6. The van der Waals surface area contributed by atoms with E-state index in [2.05, 4.69) is 14.8 Å². The van der Waals surface area contributed by atoms with Crippen LogP contribution in [0.3, 0.4) is 0 Å². The van der Waals surface area contributed by atoms with Crippen LogP contribution in [0.1, 0.15) is 6.92 Å². The van der Waals surface area contributed by atoms with Gasteiger partial charge in [-0.25, -0.2) is 4.68 Å². The van der Waals surface area contributed by atoms with Crippen molar-refractivity contribution in [2.75, 3.05) is 19.0 Å². The van der Waals surface area contributed by atoms with Crippen molar-refractivity contribution >= 4 is 5.95 Å². The molecule has 0 unspecified atom stereocenters. The Morgan fingerprint density at radius 3 is 2.52 bits per heavy atom. The van der Waals surface area contributed by atoms with E-state index >= 15 is 0 Å². The molecule has 1 heterocycles. The second-order valence-electron chi connectivity index (χ2n) is 4.52. The smallest absolute Gasteiger partial charge is 0.406 e. The molecule has 0 aliphatic carbocycles. The number of halogens is 3. The topological polar surface area (TPSA) is 43.2 Å². The molecule has 8 heteroatoms. The third kappa shape index (κ3) is 3.65. The number of hydrogen-bond acceptors (Lipinski definition) is 4. The minimum Gasteiger partial charge on any atom is -0.406 e. The van der Waals surface area contributed by atoms with Crippen LogP contribution >= 0.6 is 0 Å². The molecule has 0 spiro atoms. The minimum atomic E-state index is -4.72. The maximum atomic E-state index is 12.2. The molecule has 0 amide bonds. The molecular weight excluding hydrogens is 285 g/mol. The monoisotopic (exact) mass is 300 g/mol. The lowest BCUT2D eigenvalue weighted by atomic mass is 10.2. The first-order valence-corrected chi connectivity index (χ1v) is 6.28. The van der Waals surface area contributed by atoms with Crippen LogP contribution in [-0.4, -0.2) is 35.2 Å². The molecule has 1 aromatic carbocycles. The van der Waals surface area contributed by atoms with Gasteiger partial charge in [-0.1, -0.05) is 12.1 Å². The highest BCUT2D eigenvalue weighted by atomic mass is 19.4. The summed E-state index contributed by atoms with van der Waals surface area (Å²) >= 11 is 0. The van der Waals surface area contributed by atoms with Crippen molar-refractivity contribution in [2.24, 2.45) is 0 Å². The Hall–Kier alpha value is -2.25. The Balaban J connectivity index is 2.36. The Morgan fingerprint density at radius 2 is 2.00 bits per heavy atom. The molecule has 0 radical (unpaired) electrons. The summed E-state index contributed by atoms with van der Waals surface area (Å²) in [4.78, 5) is 6.12. The quantitative estimate of drug-likeness (QED) is 0.871. The Labute approximate surface area is 120 Å². The summed E-state index contributed by atoms with van der Waals surface area (Å²) in [5.74, 6) is 0.696. The van der Waals surface area contributed by atoms with Crippen molar-refractivity contribution in [3.05, 3.63) is 24.3 Å². The van der Waals surface area contributed by atoms with Gasteiger partial charge in [0.2, 0.25) is 5.95 Å². The van der Waals surface area contributed by atoms with Crippen LogP contribution in [0, 0.1) is 0 Å². The van der Waals surface area contributed by atoms with Crippen LogP contribution < -0.4 is 9.64 Å². The van der Waals surface area contributed by atoms with Crippen LogP contribution in [0.2, 0.25) is 0 Å². The second kappa shape index (κ2) is 5.63. The normalized spacial score (nSPS) is 11.5. The highest BCUT2D eigenvalue weighted by Gasteiger charge is 2.31. The van der Waals surface area contributed by atoms with Crippen molar-refractivity contribution < 1.29 is 17.9 Å². The summed E-state index contributed by atoms with van der Waals surface area (Å²) in [7, 11) is 3.65. The fourth-order valence-electron chi connectivity index (χ4n) is 1.83. The van der Waals surface area contributed by atoms with Crippen LogP contribution in [-0.2, 0) is 6.54 Å². The van der Waals surface area contributed by atoms with Gasteiger partial charge in [-0.3, -0.25) is 0 Å². The van der Waals surface area contributed by atoms with E-state index in [4.69, 9.17) is 0 Å². The molecule has 0 fully saturated rings. The average molecular weight is 300 g/mol. The average Bonchev–Trinajstić information content (AvgIpc) is 2.81. The van der Waals surface area contributed by atoms with Crippen molar-refractivity contribution in [2.45, 2.75) is 19.8 Å². The number of benzene rings is 1. The number of aryl methyl sites for hydroxylation is 1. The summed E-state index contributed by atoms with van der Waals surface area (Å²) in [5, 5.41) is 4.28. The number of ether oxygens (including phenoxy) is 1. The molecule has 1 aromatic heterocycles. The molecule has 0 saturated heterocycles. The Kier molecular flexibility index (Phi) is 4.06. The van der Waals surface area contributed by atoms with E-state index in [1.807, 2.05) is 21.0 Å². The van der Waals surface area contributed by atoms with Gasteiger partial charge >= 0.3 is 6.36 Å². The van der Waals surface area contributed by atoms with Gasteiger partial charge in [0, 0.05) is 26.2 Å². The second-order valence-corrected chi connectivity index (χ2v) is 4.52. The first kappa shape index (κ1) is 15.1. The first-order valence-electron chi connectivity index (χ1n) is 6.28. The molecule has 0 N–H and O–H groups in total. The zero-order valence-electron chi connectivity index (χ0n) is 11.8. The Bertz CT molecular complexity index is 622. The predicted molar refractivity (Wildman–Crippen MR) is 72.1 cm³/mol. The molecule has 0 aliphatic rings. The van der Waals surface area contributed by atoms with E-state index in [1.54, 1.807) is 15.6 Å². The molecule has 0 atom stereocenters. The van der Waals surface area contributed by atoms with Crippen LogP contribution in [0.5, 0.6) is 5.75 Å². The van der Waals surface area contributed by atoms with Crippen LogP contribution in [0.4, 0.5) is 19.1 Å². The minimum absolute atomic E-state index is 0.292. The maximum absolute atomic E-state index is 12.2. The summed E-state index contributed by atoms with van der Waals surface area (Å²) in [6, 6.07) is 5.61. The number of hydrogen-bond donors (Lipinski definition) is 0. The highest BCUT2D eigenvalue weighted by molar-refractivity contribution is 5.58. The van der Waals surface area contributed by atoms with Gasteiger partial charge in [-0.2, -0.15) is 4.98 Å². The standard InChI is InChI=1S/C13H15F3N4O/c1-4-20-12(19(2)3)17-11(18-20)9-6-5-7-10(8-9)21-13(14,15)16/h5-8H,4H2,1-3H3.